The van der Waals surface area contributed by atoms with Gasteiger partial charge in [0.25, 0.3) is 0 Å². The summed E-state index contributed by atoms with van der Waals surface area (Å²) in [5.41, 5.74) is 5.99. The van der Waals surface area contributed by atoms with E-state index in [1.54, 1.807) is 0 Å². The maximum atomic E-state index is 13.4. The van der Waals surface area contributed by atoms with Crippen molar-refractivity contribution in [3.8, 4) is 5.75 Å². The van der Waals surface area contributed by atoms with E-state index in [-0.39, 0.29) is 5.41 Å². The Hall–Kier alpha value is -1.30. The molecule has 0 saturated carbocycles. The van der Waals surface area contributed by atoms with E-state index >= 15 is 0 Å². The summed E-state index contributed by atoms with van der Waals surface area (Å²) in [6.07, 6.45) is -4.91. The van der Waals surface area contributed by atoms with Crippen LogP contribution in [0.5, 0.6) is 5.75 Å². The number of rotatable bonds is 2. The Balaban J connectivity index is 3.00. The van der Waals surface area contributed by atoms with Crippen LogP contribution in [0.25, 0.3) is 0 Å². The van der Waals surface area contributed by atoms with Crippen molar-refractivity contribution >= 4 is 0 Å². The molecule has 0 bridgehead atoms. The zero-order valence-corrected chi connectivity index (χ0v) is 10.3. The van der Waals surface area contributed by atoms with Crippen molar-refractivity contribution in [2.75, 3.05) is 0 Å². The van der Waals surface area contributed by atoms with Crippen LogP contribution in [0.15, 0.2) is 18.2 Å². The molecule has 2 N–H and O–H groups in total. The van der Waals surface area contributed by atoms with Gasteiger partial charge in [0, 0.05) is 6.04 Å². The predicted octanol–water partition coefficient (Wildman–Crippen LogP) is 3.77. The normalized spacial score (nSPS) is 14.4. The molecule has 1 aromatic rings. The third-order valence-corrected chi connectivity index (χ3v) is 2.47. The van der Waals surface area contributed by atoms with Crippen molar-refractivity contribution < 1.29 is 22.3 Å². The van der Waals surface area contributed by atoms with Gasteiger partial charge in [0.1, 0.15) is 0 Å². The molecule has 1 aromatic carbocycles. The van der Waals surface area contributed by atoms with Gasteiger partial charge in [0.05, 0.1) is 0 Å². The van der Waals surface area contributed by atoms with Crippen molar-refractivity contribution in [2.45, 2.75) is 33.2 Å². The van der Waals surface area contributed by atoms with Crippen LogP contribution in [0.3, 0.4) is 0 Å². The van der Waals surface area contributed by atoms with E-state index in [4.69, 9.17) is 5.73 Å². The third-order valence-electron chi connectivity index (χ3n) is 2.47. The van der Waals surface area contributed by atoms with Crippen LogP contribution in [-0.2, 0) is 0 Å². The second-order valence-electron chi connectivity index (χ2n) is 5.08. The van der Waals surface area contributed by atoms with Crippen LogP contribution in [-0.4, -0.2) is 6.36 Å². The Morgan fingerprint density at radius 1 is 1.17 bits per heavy atom. The molecular weight excluding hydrogens is 250 g/mol. The molecule has 0 heterocycles. The Labute approximate surface area is 103 Å². The molecular formula is C12H15F4NO. The topological polar surface area (TPSA) is 35.2 Å². The molecule has 0 aliphatic carbocycles. The standard InChI is InChI=1S/C12H15F4NO/c1-11(2,3)10(17)7-4-5-9(8(13)6-7)18-12(14,15)16/h4-6,10H,17H2,1-3H3/t10-/m0/s1. The van der Waals surface area contributed by atoms with Crippen LogP contribution in [0.1, 0.15) is 32.4 Å². The number of nitrogens with two attached hydrogens (primary N) is 1. The van der Waals surface area contributed by atoms with Crippen LogP contribution in [0.2, 0.25) is 0 Å². The van der Waals surface area contributed by atoms with Gasteiger partial charge >= 0.3 is 6.36 Å². The summed E-state index contributed by atoms with van der Waals surface area (Å²) >= 11 is 0. The lowest BCUT2D eigenvalue weighted by atomic mass is 9.83. The highest BCUT2D eigenvalue weighted by molar-refractivity contribution is 5.31. The number of ether oxygens (including phenoxy) is 1. The first-order valence-electron chi connectivity index (χ1n) is 5.31. The average Bonchev–Trinajstić information content (AvgIpc) is 2.16. The summed E-state index contributed by atoms with van der Waals surface area (Å²) in [6.45, 7) is 5.57. The molecule has 18 heavy (non-hydrogen) atoms. The summed E-state index contributed by atoms with van der Waals surface area (Å²) in [6, 6.07) is 2.76. The predicted molar refractivity (Wildman–Crippen MR) is 59.5 cm³/mol. The van der Waals surface area contributed by atoms with Crippen LogP contribution in [0, 0.1) is 11.2 Å². The molecule has 0 aromatic heterocycles. The minimum atomic E-state index is -4.91. The molecule has 2 nitrogen and oxygen atoms in total. The zero-order chi connectivity index (χ0) is 14.1. The van der Waals surface area contributed by atoms with Gasteiger partial charge in [-0.2, -0.15) is 0 Å². The second kappa shape index (κ2) is 4.76. The fourth-order valence-corrected chi connectivity index (χ4v) is 1.42. The Morgan fingerprint density at radius 3 is 2.11 bits per heavy atom. The van der Waals surface area contributed by atoms with E-state index in [0.29, 0.717) is 5.56 Å². The molecule has 1 rings (SSSR count). The van der Waals surface area contributed by atoms with Crippen molar-refractivity contribution in [2.24, 2.45) is 11.1 Å². The molecule has 0 saturated heterocycles. The lowest BCUT2D eigenvalue weighted by Gasteiger charge is -2.27. The fourth-order valence-electron chi connectivity index (χ4n) is 1.42. The van der Waals surface area contributed by atoms with Crippen molar-refractivity contribution in [3.63, 3.8) is 0 Å². The summed E-state index contributed by atoms with van der Waals surface area (Å²) in [4.78, 5) is 0. The van der Waals surface area contributed by atoms with Crippen molar-refractivity contribution in [1.29, 1.82) is 0 Å². The lowest BCUT2D eigenvalue weighted by Crippen LogP contribution is -2.26. The highest BCUT2D eigenvalue weighted by Gasteiger charge is 2.32. The quantitative estimate of drug-likeness (QED) is 0.826. The molecule has 0 fully saturated rings. The molecule has 0 spiro atoms. The number of alkyl halides is 3. The maximum Gasteiger partial charge on any atom is 0.573 e. The number of hydrogen-bond acceptors (Lipinski definition) is 2. The number of benzene rings is 1. The minimum Gasteiger partial charge on any atom is -0.403 e. The van der Waals surface area contributed by atoms with Gasteiger partial charge < -0.3 is 10.5 Å². The molecule has 0 amide bonds. The van der Waals surface area contributed by atoms with Gasteiger partial charge in [-0.1, -0.05) is 26.8 Å². The summed E-state index contributed by atoms with van der Waals surface area (Å²) in [5.74, 6) is -1.93. The van der Waals surface area contributed by atoms with Crippen LogP contribution < -0.4 is 10.5 Å². The lowest BCUT2D eigenvalue weighted by molar-refractivity contribution is -0.275. The first-order valence-corrected chi connectivity index (χ1v) is 5.31. The highest BCUT2D eigenvalue weighted by atomic mass is 19.4. The highest BCUT2D eigenvalue weighted by Crippen LogP contribution is 2.33. The monoisotopic (exact) mass is 265 g/mol. The molecule has 6 heteroatoms. The van der Waals surface area contributed by atoms with Crippen LogP contribution in [0.4, 0.5) is 17.6 Å². The molecule has 0 aliphatic rings. The first-order chi connectivity index (χ1) is 8.00. The largest absolute Gasteiger partial charge is 0.573 e. The molecule has 1 atom stereocenters. The molecule has 0 radical (unpaired) electrons. The van der Waals surface area contributed by atoms with Crippen LogP contribution >= 0.6 is 0 Å². The van der Waals surface area contributed by atoms with Gasteiger partial charge in [-0.05, 0) is 23.1 Å². The van der Waals surface area contributed by atoms with E-state index in [2.05, 4.69) is 4.74 Å². The smallest absolute Gasteiger partial charge is 0.403 e. The summed E-state index contributed by atoms with van der Waals surface area (Å²) in [5, 5.41) is 0. The SMILES string of the molecule is CC(C)(C)[C@@H](N)c1ccc(OC(F)(F)F)c(F)c1. The minimum absolute atomic E-state index is 0.321. The maximum absolute atomic E-state index is 13.4. The van der Waals surface area contributed by atoms with Gasteiger partial charge in [0.2, 0.25) is 0 Å². The summed E-state index contributed by atoms with van der Waals surface area (Å²) in [7, 11) is 0. The van der Waals surface area contributed by atoms with Gasteiger partial charge in [-0.3, -0.25) is 0 Å². The van der Waals surface area contributed by atoms with Gasteiger partial charge in [0.15, 0.2) is 11.6 Å². The molecule has 0 aliphatic heterocycles. The van der Waals surface area contributed by atoms with E-state index in [9.17, 15) is 17.6 Å². The molecule has 0 unspecified atom stereocenters. The first kappa shape index (κ1) is 14.8. The Morgan fingerprint density at radius 2 is 1.72 bits per heavy atom. The van der Waals surface area contributed by atoms with Gasteiger partial charge in [-0.25, -0.2) is 4.39 Å². The van der Waals surface area contributed by atoms with E-state index in [1.165, 1.54) is 6.07 Å². The summed E-state index contributed by atoms with van der Waals surface area (Å²) < 4.78 is 52.9. The average molecular weight is 265 g/mol. The fraction of sp³-hybridized carbons (Fsp3) is 0.500. The second-order valence-corrected chi connectivity index (χ2v) is 5.08. The number of hydrogen-bond donors (Lipinski definition) is 1. The number of halogens is 4. The third kappa shape index (κ3) is 3.87. The van der Waals surface area contributed by atoms with Crippen molar-refractivity contribution in [1.82, 2.24) is 0 Å². The Bertz CT molecular complexity index is 423. The van der Waals surface area contributed by atoms with E-state index < -0.39 is 24.0 Å². The van der Waals surface area contributed by atoms with Crippen molar-refractivity contribution in [3.05, 3.63) is 29.6 Å². The van der Waals surface area contributed by atoms with E-state index in [0.717, 1.165) is 12.1 Å². The Kier molecular flexibility index (Phi) is 3.90. The zero-order valence-electron chi connectivity index (χ0n) is 10.3. The molecule has 102 valence electrons. The van der Waals surface area contributed by atoms with E-state index in [1.807, 2.05) is 20.8 Å². The van der Waals surface area contributed by atoms with Gasteiger partial charge in [-0.15, -0.1) is 13.2 Å².